The number of nitrogens with zero attached hydrogens (tertiary/aromatic N) is 2. The molecule has 0 aliphatic heterocycles. The van der Waals surface area contributed by atoms with E-state index in [9.17, 15) is 9.59 Å². The van der Waals surface area contributed by atoms with Crippen molar-refractivity contribution < 1.29 is 23.7 Å². The van der Waals surface area contributed by atoms with E-state index in [1.165, 1.54) is 43.6 Å². The van der Waals surface area contributed by atoms with Crippen molar-refractivity contribution in [2.45, 2.75) is 6.54 Å². The third-order valence-electron chi connectivity index (χ3n) is 5.14. The third kappa shape index (κ3) is 4.53. The SMILES string of the molecule is COc1ccc(-c2cc3ncn(CC(=O)Nc4cc(OC)c(OC)c(OC)c4)c(=O)c3s2)cc1. The van der Waals surface area contributed by atoms with Crippen LogP contribution in [0.4, 0.5) is 5.69 Å². The summed E-state index contributed by atoms with van der Waals surface area (Å²) in [6.07, 6.45) is 1.38. The summed E-state index contributed by atoms with van der Waals surface area (Å²) < 4.78 is 22.9. The highest BCUT2D eigenvalue weighted by Crippen LogP contribution is 2.40. The van der Waals surface area contributed by atoms with Crippen LogP contribution >= 0.6 is 11.3 Å². The highest BCUT2D eigenvalue weighted by molar-refractivity contribution is 7.22. The number of ether oxygens (including phenoxy) is 4. The zero-order valence-corrected chi connectivity index (χ0v) is 19.9. The van der Waals surface area contributed by atoms with Crippen LogP contribution in [-0.4, -0.2) is 43.9 Å². The number of thiophene rings is 1. The Morgan fingerprint density at radius 1 is 0.971 bits per heavy atom. The van der Waals surface area contributed by atoms with Crippen molar-refractivity contribution in [3.05, 3.63) is 59.1 Å². The molecule has 0 radical (unpaired) electrons. The number of fused-ring (bicyclic) bond motifs is 1. The van der Waals surface area contributed by atoms with E-state index in [1.807, 2.05) is 30.3 Å². The molecule has 1 amide bonds. The van der Waals surface area contributed by atoms with Crippen LogP contribution in [0.5, 0.6) is 23.0 Å². The van der Waals surface area contributed by atoms with Gasteiger partial charge in [0.05, 0.1) is 40.3 Å². The topological polar surface area (TPSA) is 101 Å². The number of rotatable bonds is 8. The van der Waals surface area contributed by atoms with Gasteiger partial charge < -0.3 is 24.3 Å². The van der Waals surface area contributed by atoms with E-state index in [0.717, 1.165) is 16.2 Å². The molecule has 4 rings (SSSR count). The van der Waals surface area contributed by atoms with Gasteiger partial charge in [-0.3, -0.25) is 14.2 Å². The maximum absolute atomic E-state index is 13.0. The number of benzene rings is 2. The van der Waals surface area contributed by atoms with Crippen molar-refractivity contribution in [1.29, 1.82) is 0 Å². The molecule has 0 spiro atoms. The van der Waals surface area contributed by atoms with Crippen LogP contribution in [-0.2, 0) is 11.3 Å². The monoisotopic (exact) mass is 481 g/mol. The molecule has 2 aromatic heterocycles. The number of anilines is 1. The van der Waals surface area contributed by atoms with Crippen molar-refractivity contribution in [3.8, 4) is 33.4 Å². The summed E-state index contributed by atoms with van der Waals surface area (Å²) in [6.45, 7) is -0.200. The minimum atomic E-state index is -0.399. The summed E-state index contributed by atoms with van der Waals surface area (Å²) >= 11 is 1.33. The van der Waals surface area contributed by atoms with Gasteiger partial charge in [0.2, 0.25) is 11.7 Å². The van der Waals surface area contributed by atoms with Crippen molar-refractivity contribution in [1.82, 2.24) is 9.55 Å². The Hall–Kier alpha value is -4.05. The fourth-order valence-corrected chi connectivity index (χ4v) is 4.53. The maximum atomic E-state index is 13.0. The normalized spacial score (nSPS) is 10.7. The lowest BCUT2D eigenvalue weighted by atomic mass is 10.2. The van der Waals surface area contributed by atoms with Gasteiger partial charge in [-0.25, -0.2) is 4.98 Å². The number of nitrogens with one attached hydrogen (secondary N) is 1. The van der Waals surface area contributed by atoms with Crippen molar-refractivity contribution in [3.63, 3.8) is 0 Å². The van der Waals surface area contributed by atoms with Gasteiger partial charge in [0.15, 0.2) is 11.5 Å². The molecular weight excluding hydrogens is 458 g/mol. The van der Waals surface area contributed by atoms with Crippen molar-refractivity contribution >= 4 is 33.1 Å². The van der Waals surface area contributed by atoms with Gasteiger partial charge in [0.1, 0.15) is 17.0 Å². The Balaban J connectivity index is 1.57. The predicted molar refractivity (Wildman–Crippen MR) is 131 cm³/mol. The van der Waals surface area contributed by atoms with E-state index in [-0.39, 0.29) is 12.1 Å². The van der Waals surface area contributed by atoms with Gasteiger partial charge in [-0.1, -0.05) is 0 Å². The van der Waals surface area contributed by atoms with Gasteiger partial charge >= 0.3 is 0 Å². The van der Waals surface area contributed by atoms with Gasteiger partial charge in [-0.2, -0.15) is 0 Å². The number of carbonyl (C=O) groups is 1. The Bertz CT molecular complexity index is 1370. The van der Waals surface area contributed by atoms with Crippen molar-refractivity contribution in [2.24, 2.45) is 0 Å². The van der Waals surface area contributed by atoms with Gasteiger partial charge in [0, 0.05) is 22.7 Å². The number of amides is 1. The zero-order valence-electron chi connectivity index (χ0n) is 19.1. The zero-order chi connectivity index (χ0) is 24.2. The second-order valence-electron chi connectivity index (χ2n) is 7.19. The van der Waals surface area contributed by atoms with Gasteiger partial charge in [-0.05, 0) is 35.9 Å². The minimum absolute atomic E-state index is 0.200. The molecule has 0 unspecified atom stereocenters. The van der Waals surface area contributed by atoms with E-state index in [0.29, 0.717) is 33.2 Å². The van der Waals surface area contributed by atoms with Crippen molar-refractivity contribution in [2.75, 3.05) is 33.8 Å². The molecule has 0 saturated heterocycles. The summed E-state index contributed by atoms with van der Waals surface area (Å²) in [5.41, 5.74) is 1.70. The van der Waals surface area contributed by atoms with Crippen LogP contribution < -0.4 is 29.8 Å². The van der Waals surface area contributed by atoms with Crippen LogP contribution in [0.15, 0.2) is 53.6 Å². The van der Waals surface area contributed by atoms with Crippen LogP contribution in [0.2, 0.25) is 0 Å². The molecule has 9 nitrogen and oxygen atoms in total. The number of methoxy groups -OCH3 is 4. The summed E-state index contributed by atoms with van der Waals surface area (Å²) in [7, 11) is 6.09. The molecule has 34 heavy (non-hydrogen) atoms. The van der Waals surface area contributed by atoms with Gasteiger partial charge in [-0.15, -0.1) is 11.3 Å². The van der Waals surface area contributed by atoms with Crippen LogP contribution in [0.25, 0.3) is 20.7 Å². The molecule has 0 saturated carbocycles. The first-order valence-corrected chi connectivity index (χ1v) is 11.0. The highest BCUT2D eigenvalue weighted by atomic mass is 32.1. The van der Waals surface area contributed by atoms with Crippen LogP contribution in [0.1, 0.15) is 0 Å². The van der Waals surface area contributed by atoms with E-state index >= 15 is 0 Å². The largest absolute Gasteiger partial charge is 0.497 e. The molecule has 4 aromatic rings. The first-order chi connectivity index (χ1) is 16.5. The summed E-state index contributed by atoms with van der Waals surface area (Å²) in [4.78, 5) is 31.0. The molecule has 0 aliphatic rings. The molecule has 2 heterocycles. The number of aromatic nitrogens is 2. The van der Waals surface area contributed by atoms with E-state index in [1.54, 1.807) is 19.2 Å². The van der Waals surface area contributed by atoms with Gasteiger partial charge in [0.25, 0.3) is 5.56 Å². The highest BCUT2D eigenvalue weighted by Gasteiger charge is 2.16. The molecule has 10 heteroatoms. The molecule has 1 N–H and O–H groups in total. The number of hydrogen-bond donors (Lipinski definition) is 1. The summed E-state index contributed by atoms with van der Waals surface area (Å²) in [6, 6.07) is 12.7. The first kappa shape index (κ1) is 23.1. The second-order valence-corrected chi connectivity index (χ2v) is 8.25. The van der Waals surface area contributed by atoms with E-state index < -0.39 is 5.91 Å². The Labute approximate surface area is 199 Å². The number of hydrogen-bond acceptors (Lipinski definition) is 8. The molecule has 2 aromatic carbocycles. The molecule has 0 atom stereocenters. The first-order valence-electron chi connectivity index (χ1n) is 10.2. The smallest absolute Gasteiger partial charge is 0.271 e. The average molecular weight is 482 g/mol. The Morgan fingerprint density at radius 3 is 2.24 bits per heavy atom. The Morgan fingerprint density at radius 2 is 1.65 bits per heavy atom. The molecule has 176 valence electrons. The fourth-order valence-electron chi connectivity index (χ4n) is 3.46. The van der Waals surface area contributed by atoms with Crippen LogP contribution in [0.3, 0.4) is 0 Å². The lowest BCUT2D eigenvalue weighted by Gasteiger charge is -2.14. The standard InChI is InChI=1S/C24H23N3O6S/c1-30-16-7-5-14(6-8-16)20-11-17-23(34-20)24(29)27(13-25-17)12-21(28)26-15-9-18(31-2)22(33-4)19(10-15)32-3/h5-11,13H,12H2,1-4H3,(H,26,28). The average Bonchev–Trinajstić information content (AvgIpc) is 3.30. The predicted octanol–water partition coefficient (Wildman–Crippen LogP) is 3.80. The quantitative estimate of drug-likeness (QED) is 0.409. The Kier molecular flexibility index (Phi) is 6.69. The molecule has 0 fully saturated rings. The second kappa shape index (κ2) is 9.84. The molecule has 0 aliphatic carbocycles. The summed E-state index contributed by atoms with van der Waals surface area (Å²) in [5, 5.41) is 2.76. The molecular formula is C24H23N3O6S. The van der Waals surface area contributed by atoms with Crippen LogP contribution in [0, 0.1) is 0 Å². The van der Waals surface area contributed by atoms with E-state index in [4.69, 9.17) is 18.9 Å². The summed E-state index contributed by atoms with van der Waals surface area (Å²) in [5.74, 6) is 1.58. The fraction of sp³-hybridized carbons (Fsp3) is 0.208. The van der Waals surface area contributed by atoms with E-state index in [2.05, 4.69) is 10.3 Å². The maximum Gasteiger partial charge on any atom is 0.271 e. The number of carbonyl (C=O) groups excluding carboxylic acids is 1. The lowest BCUT2D eigenvalue weighted by molar-refractivity contribution is -0.116. The minimum Gasteiger partial charge on any atom is -0.497 e. The molecule has 0 bridgehead atoms. The third-order valence-corrected chi connectivity index (χ3v) is 6.30. The lowest BCUT2D eigenvalue weighted by Crippen LogP contribution is -2.27.